The summed E-state index contributed by atoms with van der Waals surface area (Å²) in [6.45, 7) is 1.46. The molecule has 1 aromatic carbocycles. The number of imidazole rings is 1. The lowest BCUT2D eigenvalue weighted by Crippen LogP contribution is -2.14. The number of hydrogen-bond donors (Lipinski definition) is 1. The molecule has 0 radical (unpaired) electrons. The predicted octanol–water partition coefficient (Wildman–Crippen LogP) is 3.61. The number of benzene rings is 1. The Morgan fingerprint density at radius 3 is 2.69 bits per heavy atom. The van der Waals surface area contributed by atoms with E-state index in [1.54, 1.807) is 0 Å². The molecular weight excluding hydrogens is 326 g/mol. The topological polar surface area (TPSA) is 78.8 Å². The third-order valence-electron chi connectivity index (χ3n) is 5.11. The van der Waals surface area contributed by atoms with Gasteiger partial charge in [0.15, 0.2) is 17.0 Å². The quantitative estimate of drug-likeness (QED) is 0.734. The Kier molecular flexibility index (Phi) is 5.00. The second-order valence-electron chi connectivity index (χ2n) is 7.05. The highest BCUT2D eigenvalue weighted by atomic mass is 16.5. The van der Waals surface area contributed by atoms with E-state index in [0.717, 1.165) is 18.6 Å². The van der Waals surface area contributed by atoms with Crippen LogP contribution in [0.25, 0.3) is 11.2 Å². The van der Waals surface area contributed by atoms with Crippen molar-refractivity contribution < 1.29 is 4.74 Å². The van der Waals surface area contributed by atoms with Gasteiger partial charge in [-0.3, -0.25) is 0 Å². The molecule has 2 heterocycles. The molecule has 0 unspecified atom stereocenters. The molecule has 0 spiro atoms. The fourth-order valence-electron chi connectivity index (χ4n) is 3.70. The largest absolute Gasteiger partial charge is 0.463 e. The molecule has 0 bridgehead atoms. The average molecular weight is 351 g/mol. The standard InChI is InChI=1S/C20H25N5O/c21-18-17-19(25(14-22-17)13-16-9-5-2-6-10-16)24-20(23-18)26-12-11-15-7-3-1-4-8-15/h1,3-4,7-8,14,16H,2,5-6,9-13H2,(H2,21,23,24). The number of nitrogen functional groups attached to an aromatic ring is 1. The zero-order valence-electron chi connectivity index (χ0n) is 15.0. The second-order valence-corrected chi connectivity index (χ2v) is 7.05. The van der Waals surface area contributed by atoms with Crippen LogP contribution in [0.1, 0.15) is 37.7 Å². The highest BCUT2D eigenvalue weighted by Crippen LogP contribution is 2.27. The summed E-state index contributed by atoms with van der Waals surface area (Å²) in [5, 5.41) is 0. The van der Waals surface area contributed by atoms with Crippen LogP contribution in [0.5, 0.6) is 6.01 Å². The van der Waals surface area contributed by atoms with Crippen molar-refractivity contribution in [3.8, 4) is 6.01 Å². The normalized spacial score (nSPS) is 15.4. The van der Waals surface area contributed by atoms with Crippen LogP contribution in [0.15, 0.2) is 36.7 Å². The summed E-state index contributed by atoms with van der Waals surface area (Å²) in [6, 6.07) is 10.6. The Hall–Kier alpha value is -2.63. The fourth-order valence-corrected chi connectivity index (χ4v) is 3.70. The van der Waals surface area contributed by atoms with Gasteiger partial charge in [-0.1, -0.05) is 49.6 Å². The molecule has 6 heteroatoms. The third kappa shape index (κ3) is 3.79. The maximum Gasteiger partial charge on any atom is 0.320 e. The van der Waals surface area contributed by atoms with Gasteiger partial charge >= 0.3 is 6.01 Å². The first-order valence-corrected chi connectivity index (χ1v) is 9.44. The lowest BCUT2D eigenvalue weighted by molar-refractivity contribution is 0.296. The van der Waals surface area contributed by atoms with Gasteiger partial charge in [-0.05, 0) is 24.3 Å². The van der Waals surface area contributed by atoms with E-state index >= 15 is 0 Å². The van der Waals surface area contributed by atoms with Crippen molar-refractivity contribution in [3.05, 3.63) is 42.2 Å². The van der Waals surface area contributed by atoms with Crippen molar-refractivity contribution in [2.24, 2.45) is 5.92 Å². The van der Waals surface area contributed by atoms with Gasteiger partial charge in [0.05, 0.1) is 12.9 Å². The molecule has 0 saturated heterocycles. The van der Waals surface area contributed by atoms with Crippen LogP contribution in [0.3, 0.4) is 0 Å². The third-order valence-corrected chi connectivity index (χ3v) is 5.11. The highest BCUT2D eigenvalue weighted by Gasteiger charge is 2.17. The minimum absolute atomic E-state index is 0.330. The summed E-state index contributed by atoms with van der Waals surface area (Å²) in [6.07, 6.45) is 9.20. The number of fused-ring (bicyclic) bond motifs is 1. The van der Waals surface area contributed by atoms with Crippen LogP contribution in [0, 0.1) is 5.92 Å². The molecule has 2 N–H and O–H groups in total. The average Bonchev–Trinajstić information content (AvgIpc) is 3.07. The molecule has 1 saturated carbocycles. The van der Waals surface area contributed by atoms with Gasteiger partial charge in [0.2, 0.25) is 0 Å². The Labute approximate surface area is 153 Å². The summed E-state index contributed by atoms with van der Waals surface area (Å²) < 4.78 is 7.87. The van der Waals surface area contributed by atoms with Crippen LogP contribution in [-0.4, -0.2) is 26.1 Å². The molecule has 3 aromatic rings. The number of nitrogens with zero attached hydrogens (tertiary/aromatic N) is 4. The van der Waals surface area contributed by atoms with Crippen molar-refractivity contribution in [2.45, 2.75) is 45.1 Å². The van der Waals surface area contributed by atoms with E-state index in [2.05, 4.69) is 31.7 Å². The van der Waals surface area contributed by atoms with Crippen molar-refractivity contribution in [1.29, 1.82) is 0 Å². The molecule has 1 aliphatic carbocycles. The van der Waals surface area contributed by atoms with Gasteiger partial charge in [0.1, 0.15) is 0 Å². The van der Waals surface area contributed by atoms with Gasteiger partial charge in [-0.25, -0.2) is 4.98 Å². The van der Waals surface area contributed by atoms with E-state index in [9.17, 15) is 0 Å². The van der Waals surface area contributed by atoms with Gasteiger partial charge < -0.3 is 15.0 Å². The van der Waals surface area contributed by atoms with Crippen molar-refractivity contribution in [3.63, 3.8) is 0 Å². The summed E-state index contributed by atoms with van der Waals surface area (Å²) in [7, 11) is 0. The van der Waals surface area contributed by atoms with Gasteiger partial charge in [0.25, 0.3) is 0 Å². The second kappa shape index (κ2) is 7.72. The van der Waals surface area contributed by atoms with Crippen LogP contribution in [-0.2, 0) is 13.0 Å². The number of nitrogens with two attached hydrogens (primary N) is 1. The number of hydrogen-bond acceptors (Lipinski definition) is 5. The van der Waals surface area contributed by atoms with Gasteiger partial charge in [-0.15, -0.1) is 0 Å². The smallest absolute Gasteiger partial charge is 0.320 e. The molecule has 6 nitrogen and oxygen atoms in total. The molecule has 0 amide bonds. The van der Waals surface area contributed by atoms with Crippen molar-refractivity contribution in [1.82, 2.24) is 19.5 Å². The van der Waals surface area contributed by atoms with Gasteiger partial charge in [-0.2, -0.15) is 9.97 Å². The van der Waals surface area contributed by atoms with Crippen LogP contribution in [0.2, 0.25) is 0 Å². The lowest BCUT2D eigenvalue weighted by atomic mass is 9.89. The first-order chi connectivity index (χ1) is 12.8. The van der Waals surface area contributed by atoms with E-state index in [-0.39, 0.29) is 0 Å². The highest BCUT2D eigenvalue weighted by molar-refractivity contribution is 5.81. The van der Waals surface area contributed by atoms with Crippen LogP contribution < -0.4 is 10.5 Å². The molecule has 26 heavy (non-hydrogen) atoms. The summed E-state index contributed by atoms with van der Waals surface area (Å²) in [5.74, 6) is 1.08. The monoisotopic (exact) mass is 351 g/mol. The number of anilines is 1. The molecule has 136 valence electrons. The fraction of sp³-hybridized carbons (Fsp3) is 0.450. The molecule has 1 fully saturated rings. The van der Waals surface area contributed by atoms with Gasteiger partial charge in [0, 0.05) is 13.0 Å². The molecule has 1 aliphatic rings. The van der Waals surface area contributed by atoms with Crippen LogP contribution >= 0.6 is 0 Å². The van der Waals surface area contributed by atoms with E-state index in [4.69, 9.17) is 10.5 Å². The first-order valence-electron chi connectivity index (χ1n) is 9.44. The lowest BCUT2D eigenvalue weighted by Gasteiger charge is -2.21. The molecule has 4 rings (SSSR count). The summed E-state index contributed by atoms with van der Waals surface area (Å²) in [5.41, 5.74) is 8.74. The van der Waals surface area contributed by atoms with Crippen molar-refractivity contribution >= 4 is 17.0 Å². The SMILES string of the molecule is Nc1nc(OCCc2ccccc2)nc2c1ncn2CC1CCCCC1. The minimum Gasteiger partial charge on any atom is -0.463 e. The van der Waals surface area contributed by atoms with E-state index in [1.165, 1.54) is 37.7 Å². The van der Waals surface area contributed by atoms with Crippen LogP contribution in [0.4, 0.5) is 5.82 Å². The van der Waals surface area contributed by atoms with Crippen molar-refractivity contribution in [2.75, 3.05) is 12.3 Å². The zero-order valence-corrected chi connectivity index (χ0v) is 15.0. The Balaban J connectivity index is 1.47. The number of rotatable bonds is 6. The van der Waals surface area contributed by atoms with E-state index in [1.807, 2.05) is 24.5 Å². The number of ether oxygens (including phenoxy) is 1. The van der Waals surface area contributed by atoms with E-state index < -0.39 is 0 Å². The zero-order chi connectivity index (χ0) is 17.8. The summed E-state index contributed by atoms with van der Waals surface area (Å²) in [4.78, 5) is 13.3. The predicted molar refractivity (Wildman–Crippen MR) is 102 cm³/mol. The molecule has 2 aromatic heterocycles. The molecule has 0 aliphatic heterocycles. The maximum absolute atomic E-state index is 6.08. The molecular formula is C20H25N5O. The minimum atomic E-state index is 0.330. The Morgan fingerprint density at radius 2 is 1.88 bits per heavy atom. The van der Waals surface area contributed by atoms with E-state index in [0.29, 0.717) is 29.9 Å². The summed E-state index contributed by atoms with van der Waals surface area (Å²) >= 11 is 0. The molecule has 0 atom stereocenters. The Morgan fingerprint density at radius 1 is 1.08 bits per heavy atom. The Bertz CT molecular complexity index is 855. The number of aromatic nitrogens is 4. The maximum atomic E-state index is 6.08. The first kappa shape index (κ1) is 16.8.